The van der Waals surface area contributed by atoms with E-state index in [1.807, 2.05) is 0 Å². The van der Waals surface area contributed by atoms with Crippen LogP contribution in [0.15, 0.2) is 27.8 Å². The third-order valence-corrected chi connectivity index (χ3v) is 2.11. The molecule has 2 aromatic heterocycles. The molecule has 0 aliphatic carbocycles. The molecule has 0 atom stereocenters. The molecule has 0 saturated carbocycles. The number of nitrogens with zero attached hydrogens (tertiary/aromatic N) is 4. The zero-order valence-corrected chi connectivity index (χ0v) is 9.82. The first-order valence-corrected chi connectivity index (χ1v) is 5.07. The molecule has 94 valence electrons. The van der Waals surface area contributed by atoms with Crippen molar-refractivity contribution in [2.45, 2.75) is 0 Å². The van der Waals surface area contributed by atoms with E-state index < -0.39 is 4.92 Å². The first kappa shape index (κ1) is 11.8. The minimum Gasteiger partial charge on any atom is -0.399 e. The maximum atomic E-state index is 10.5. The highest BCUT2D eigenvalue weighted by atomic mass is 16.6. The van der Waals surface area contributed by atoms with E-state index in [-0.39, 0.29) is 5.88 Å². The minimum atomic E-state index is -0.590. The lowest BCUT2D eigenvalue weighted by atomic mass is 10.2. The van der Waals surface area contributed by atoms with E-state index in [9.17, 15) is 10.1 Å². The summed E-state index contributed by atoms with van der Waals surface area (Å²) in [6.07, 6.45) is 3.16. The molecule has 18 heavy (non-hydrogen) atoms. The number of rotatable bonds is 4. The van der Waals surface area contributed by atoms with Gasteiger partial charge in [-0.15, -0.1) is 0 Å². The van der Waals surface area contributed by atoms with Crippen LogP contribution in [0.25, 0.3) is 11.5 Å². The van der Waals surface area contributed by atoms with Gasteiger partial charge in [-0.3, -0.25) is 15.2 Å². The molecule has 0 radical (unpaired) electrons. The van der Waals surface area contributed by atoms with Crippen LogP contribution in [0.2, 0.25) is 0 Å². The fourth-order valence-electron chi connectivity index (χ4n) is 1.33. The zero-order valence-electron chi connectivity index (χ0n) is 9.82. The van der Waals surface area contributed by atoms with Crippen LogP contribution in [0.5, 0.6) is 0 Å². The van der Waals surface area contributed by atoms with E-state index in [1.54, 1.807) is 31.5 Å². The summed E-state index contributed by atoms with van der Waals surface area (Å²) < 4.78 is 5.09. The predicted molar refractivity (Wildman–Crippen MR) is 64.2 cm³/mol. The van der Waals surface area contributed by atoms with Crippen molar-refractivity contribution in [1.29, 1.82) is 0 Å². The number of nitro groups is 1. The second kappa shape index (κ2) is 4.70. The average Bonchev–Trinajstić information content (AvgIpc) is 2.94. The molecule has 0 aliphatic heterocycles. The lowest BCUT2D eigenvalue weighted by molar-refractivity contribution is -0.401. The van der Waals surface area contributed by atoms with Gasteiger partial charge in [-0.25, -0.2) is 0 Å². The highest BCUT2D eigenvalue weighted by Crippen LogP contribution is 2.26. The Morgan fingerprint density at radius 3 is 2.94 bits per heavy atom. The standard InChI is InChI=1S/C10H11N5O3/c1-14(2)12-6-7-5-11-13-10(7)8-3-4-9(18-8)15(16)17/h3-6H,1-2H3,(H,11,13). The molecule has 8 heteroatoms. The summed E-state index contributed by atoms with van der Waals surface area (Å²) in [4.78, 5) is 9.95. The van der Waals surface area contributed by atoms with Crippen LogP contribution in [0, 0.1) is 10.1 Å². The lowest BCUT2D eigenvalue weighted by Crippen LogP contribution is -2.01. The Bertz CT molecular complexity index is 584. The second-order valence-electron chi connectivity index (χ2n) is 3.69. The lowest BCUT2D eigenvalue weighted by Gasteiger charge is -2.01. The Labute approximate surface area is 102 Å². The SMILES string of the molecule is CN(C)N=Cc1cn[nH]c1-c1ccc([N+](=O)[O-])o1. The smallest absolute Gasteiger partial charge is 0.399 e. The monoisotopic (exact) mass is 249 g/mol. The number of H-pyrrole nitrogens is 1. The van der Waals surface area contributed by atoms with Gasteiger partial charge in [0.1, 0.15) is 10.6 Å². The Hall–Kier alpha value is -2.64. The van der Waals surface area contributed by atoms with Gasteiger partial charge in [-0.1, -0.05) is 0 Å². The molecule has 8 nitrogen and oxygen atoms in total. The summed E-state index contributed by atoms with van der Waals surface area (Å²) in [6.45, 7) is 0. The highest BCUT2D eigenvalue weighted by molar-refractivity contribution is 5.87. The zero-order chi connectivity index (χ0) is 13.1. The summed E-state index contributed by atoms with van der Waals surface area (Å²) in [6, 6.07) is 2.81. The van der Waals surface area contributed by atoms with Crippen LogP contribution in [0.3, 0.4) is 0 Å². The van der Waals surface area contributed by atoms with E-state index in [1.165, 1.54) is 12.1 Å². The minimum absolute atomic E-state index is 0.310. The molecular formula is C10H11N5O3. The molecule has 2 heterocycles. The van der Waals surface area contributed by atoms with Crippen molar-refractivity contribution in [2.75, 3.05) is 14.1 Å². The maximum Gasteiger partial charge on any atom is 0.433 e. The average molecular weight is 249 g/mol. The molecule has 0 aliphatic rings. The third kappa shape index (κ3) is 2.37. The van der Waals surface area contributed by atoms with Gasteiger partial charge in [0, 0.05) is 19.7 Å². The van der Waals surface area contributed by atoms with Crippen molar-refractivity contribution in [1.82, 2.24) is 15.2 Å². The summed E-state index contributed by atoms with van der Waals surface area (Å²) in [5, 5.41) is 22.8. The quantitative estimate of drug-likeness (QED) is 0.502. The van der Waals surface area contributed by atoms with Gasteiger partial charge in [0.15, 0.2) is 5.76 Å². The summed E-state index contributed by atoms with van der Waals surface area (Å²) >= 11 is 0. The predicted octanol–water partition coefficient (Wildman–Crippen LogP) is 1.47. The Balaban J connectivity index is 2.33. The van der Waals surface area contributed by atoms with Gasteiger partial charge in [0.05, 0.1) is 18.5 Å². The highest BCUT2D eigenvalue weighted by Gasteiger charge is 2.16. The number of hydrogen-bond acceptors (Lipinski definition) is 6. The van der Waals surface area contributed by atoms with Crippen molar-refractivity contribution in [3.05, 3.63) is 34.0 Å². The van der Waals surface area contributed by atoms with E-state index in [0.29, 0.717) is 17.0 Å². The normalized spacial score (nSPS) is 11.0. The first-order valence-electron chi connectivity index (χ1n) is 5.07. The van der Waals surface area contributed by atoms with Gasteiger partial charge >= 0.3 is 5.88 Å². The van der Waals surface area contributed by atoms with E-state index in [0.717, 1.165) is 0 Å². The molecular weight excluding hydrogens is 238 g/mol. The summed E-state index contributed by atoms with van der Waals surface area (Å²) in [5.41, 5.74) is 1.24. The number of furan rings is 1. The molecule has 2 rings (SSSR count). The van der Waals surface area contributed by atoms with Gasteiger partial charge in [0.2, 0.25) is 0 Å². The maximum absolute atomic E-state index is 10.5. The van der Waals surface area contributed by atoms with Crippen LogP contribution in [0.4, 0.5) is 5.88 Å². The fraction of sp³-hybridized carbons (Fsp3) is 0.200. The van der Waals surface area contributed by atoms with E-state index in [4.69, 9.17) is 4.42 Å². The molecule has 0 unspecified atom stereocenters. The van der Waals surface area contributed by atoms with Crippen LogP contribution in [-0.2, 0) is 0 Å². The molecule has 2 aromatic rings. The number of nitrogens with one attached hydrogen (secondary N) is 1. The van der Waals surface area contributed by atoms with Crippen molar-refractivity contribution < 1.29 is 9.34 Å². The molecule has 1 N–H and O–H groups in total. The Kier molecular flexibility index (Phi) is 3.09. The number of hydrogen-bond donors (Lipinski definition) is 1. The molecule has 0 spiro atoms. The summed E-state index contributed by atoms with van der Waals surface area (Å²) in [5.74, 6) is 0.0366. The molecule has 0 bridgehead atoms. The van der Waals surface area contributed by atoms with E-state index >= 15 is 0 Å². The van der Waals surface area contributed by atoms with Crippen molar-refractivity contribution in [3.63, 3.8) is 0 Å². The second-order valence-corrected chi connectivity index (χ2v) is 3.69. The van der Waals surface area contributed by atoms with Crippen LogP contribution in [-0.4, -0.2) is 40.4 Å². The van der Waals surface area contributed by atoms with Gasteiger partial charge in [-0.05, 0) is 6.07 Å². The molecule has 0 aromatic carbocycles. The van der Waals surface area contributed by atoms with Crippen LogP contribution >= 0.6 is 0 Å². The topological polar surface area (TPSA) is 101 Å². The van der Waals surface area contributed by atoms with Gasteiger partial charge in [-0.2, -0.15) is 10.2 Å². The fourth-order valence-corrected chi connectivity index (χ4v) is 1.33. The number of aromatic nitrogens is 2. The van der Waals surface area contributed by atoms with Crippen molar-refractivity contribution >= 4 is 12.1 Å². The van der Waals surface area contributed by atoms with Crippen LogP contribution < -0.4 is 0 Å². The van der Waals surface area contributed by atoms with Crippen molar-refractivity contribution in [2.24, 2.45) is 5.10 Å². The molecule has 0 amide bonds. The van der Waals surface area contributed by atoms with Crippen LogP contribution in [0.1, 0.15) is 5.56 Å². The molecule has 0 fully saturated rings. The number of hydrazone groups is 1. The van der Waals surface area contributed by atoms with Gasteiger partial charge in [0.25, 0.3) is 0 Å². The van der Waals surface area contributed by atoms with Crippen molar-refractivity contribution in [3.8, 4) is 11.5 Å². The largest absolute Gasteiger partial charge is 0.433 e. The Morgan fingerprint density at radius 2 is 2.33 bits per heavy atom. The Morgan fingerprint density at radius 1 is 1.56 bits per heavy atom. The first-order chi connectivity index (χ1) is 8.58. The number of aromatic amines is 1. The van der Waals surface area contributed by atoms with Gasteiger partial charge < -0.3 is 9.43 Å². The summed E-state index contributed by atoms with van der Waals surface area (Å²) in [7, 11) is 3.57. The third-order valence-electron chi connectivity index (χ3n) is 2.11. The van der Waals surface area contributed by atoms with E-state index in [2.05, 4.69) is 15.3 Å². The molecule has 0 saturated heterocycles.